The smallest absolute Gasteiger partial charge is 0.257 e. The molecule has 0 aliphatic carbocycles. The Bertz CT molecular complexity index is 1600. The number of likely N-dealkylation sites (N-methyl/N-ethyl adjacent to an activating group) is 1. The number of ether oxygens (including phenoxy) is 1. The fourth-order valence-electron chi connectivity index (χ4n) is 4.75. The van der Waals surface area contributed by atoms with Crippen molar-refractivity contribution in [3.8, 4) is 22.6 Å². The van der Waals surface area contributed by atoms with Crippen LogP contribution in [0.2, 0.25) is 5.02 Å². The first kappa shape index (κ1) is 31.3. The molecule has 0 radical (unpaired) electrons. The zero-order chi connectivity index (χ0) is 31.6. The summed E-state index contributed by atoms with van der Waals surface area (Å²) in [6.07, 6.45) is 2.78. The van der Waals surface area contributed by atoms with Crippen LogP contribution in [0.1, 0.15) is 20.7 Å². The second kappa shape index (κ2) is 12.7. The van der Waals surface area contributed by atoms with E-state index in [1.54, 1.807) is 6.07 Å². The number of methoxy groups -OCH3 is 1. The van der Waals surface area contributed by atoms with E-state index in [0.717, 1.165) is 39.4 Å². The van der Waals surface area contributed by atoms with Gasteiger partial charge in [0.2, 0.25) is 5.91 Å². The maximum Gasteiger partial charge on any atom is 0.257 e. The number of rotatable bonds is 9. The third kappa shape index (κ3) is 6.24. The van der Waals surface area contributed by atoms with Crippen LogP contribution >= 0.6 is 11.6 Å². The molecule has 0 bridgehead atoms. The SMILES string of the molecule is C=Nc1c(C(=O)N(C)C)c(-c2cc(C(N)=O)c(O)c(OC)c2F)cn1CC(=O)Nc1cc(N2CCN(C)CC2)ncc1Cl. The van der Waals surface area contributed by atoms with Gasteiger partial charge in [-0.15, -0.1) is 0 Å². The molecule has 2 aromatic heterocycles. The number of hydrogen-bond acceptors (Lipinski definition) is 9. The maximum atomic E-state index is 15.6. The van der Waals surface area contributed by atoms with Gasteiger partial charge >= 0.3 is 0 Å². The molecule has 3 aromatic rings. The number of benzene rings is 1. The van der Waals surface area contributed by atoms with Crippen LogP contribution < -0.4 is 20.7 Å². The van der Waals surface area contributed by atoms with E-state index in [9.17, 15) is 19.5 Å². The zero-order valence-electron chi connectivity index (χ0n) is 24.1. The van der Waals surface area contributed by atoms with Gasteiger partial charge in [0.15, 0.2) is 17.3 Å². The molecule has 13 nitrogen and oxygen atoms in total. The first-order valence-corrected chi connectivity index (χ1v) is 13.5. The van der Waals surface area contributed by atoms with Gasteiger partial charge in [-0.1, -0.05) is 11.6 Å². The Kier molecular flexibility index (Phi) is 9.21. The van der Waals surface area contributed by atoms with Crippen molar-refractivity contribution < 1.29 is 28.6 Å². The van der Waals surface area contributed by atoms with Crippen molar-refractivity contribution in [2.75, 3.05) is 64.6 Å². The molecular weight excluding hydrogens is 583 g/mol. The number of amides is 3. The van der Waals surface area contributed by atoms with Crippen molar-refractivity contribution in [3.63, 3.8) is 0 Å². The fourth-order valence-corrected chi connectivity index (χ4v) is 4.90. The number of hydrogen-bond donors (Lipinski definition) is 3. The van der Waals surface area contributed by atoms with E-state index in [2.05, 4.69) is 31.8 Å². The van der Waals surface area contributed by atoms with Crippen LogP contribution in [0.25, 0.3) is 11.1 Å². The average Bonchev–Trinajstić information content (AvgIpc) is 3.31. The van der Waals surface area contributed by atoms with Crippen molar-refractivity contribution in [2.24, 2.45) is 10.7 Å². The molecule has 0 atom stereocenters. The van der Waals surface area contributed by atoms with E-state index >= 15 is 4.39 Å². The topological polar surface area (TPSA) is 159 Å². The number of anilines is 2. The first-order valence-electron chi connectivity index (χ1n) is 13.1. The average molecular weight is 615 g/mol. The van der Waals surface area contributed by atoms with E-state index in [0.29, 0.717) is 11.5 Å². The second-order valence-electron chi connectivity index (χ2n) is 10.1. The number of nitrogens with one attached hydrogen (secondary N) is 1. The summed E-state index contributed by atoms with van der Waals surface area (Å²) in [5, 5.41) is 13.3. The number of pyridine rings is 1. The van der Waals surface area contributed by atoms with E-state index in [1.807, 2.05) is 7.05 Å². The highest BCUT2D eigenvalue weighted by Crippen LogP contribution is 2.43. The molecule has 0 unspecified atom stereocenters. The number of aromatic hydroxyl groups is 1. The Balaban J connectivity index is 1.74. The number of carbonyl (C=O) groups excluding carboxylic acids is 3. The number of nitrogens with zero attached hydrogens (tertiary/aromatic N) is 6. The van der Waals surface area contributed by atoms with Crippen LogP contribution in [0.15, 0.2) is 29.5 Å². The molecule has 228 valence electrons. The van der Waals surface area contributed by atoms with Gasteiger partial charge in [0.05, 0.1) is 35.1 Å². The van der Waals surface area contributed by atoms with E-state index < -0.39 is 40.6 Å². The molecule has 15 heteroatoms. The number of carbonyl (C=O) groups is 3. The lowest BCUT2D eigenvalue weighted by molar-refractivity contribution is -0.116. The third-order valence-corrected chi connectivity index (χ3v) is 7.33. The van der Waals surface area contributed by atoms with Gasteiger partial charge in [-0.25, -0.2) is 14.4 Å². The number of piperazine rings is 1. The van der Waals surface area contributed by atoms with Crippen molar-refractivity contribution in [2.45, 2.75) is 6.54 Å². The van der Waals surface area contributed by atoms with Gasteiger partial charge in [-0.2, -0.15) is 0 Å². The lowest BCUT2D eigenvalue weighted by atomic mass is 9.98. The third-order valence-electron chi connectivity index (χ3n) is 7.03. The number of aliphatic imine (C=N–C) groups is 1. The molecule has 3 heterocycles. The predicted octanol–water partition coefficient (Wildman–Crippen LogP) is 2.58. The standard InChI is InChI=1S/C28H32ClFN8O5/c1-32-27-22(28(42)35(2)3)17(15-10-16(26(31)41)24(40)25(43-5)23(15)30)13-38(27)14-21(39)34-19-11-20(33-12-18(19)29)37-8-6-36(4)7-9-37/h10-13,40H,1,6-9,14H2,2-5H3,(H2,31,41)(H,33,34,39). The second-order valence-corrected chi connectivity index (χ2v) is 10.5. The number of phenols is 1. The summed E-state index contributed by atoms with van der Waals surface area (Å²) >= 11 is 6.35. The van der Waals surface area contributed by atoms with Crippen molar-refractivity contribution >= 4 is 53.4 Å². The Hall–Kier alpha value is -4.69. The molecule has 4 rings (SSSR count). The lowest BCUT2D eigenvalue weighted by Gasteiger charge is -2.33. The summed E-state index contributed by atoms with van der Waals surface area (Å²) in [7, 11) is 6.10. The molecule has 0 saturated carbocycles. The summed E-state index contributed by atoms with van der Waals surface area (Å²) in [5.41, 5.74) is 4.88. The molecule has 3 amide bonds. The molecular formula is C28H32ClFN8O5. The van der Waals surface area contributed by atoms with Crippen LogP contribution in [0.4, 0.5) is 21.7 Å². The molecule has 1 fully saturated rings. The highest BCUT2D eigenvalue weighted by Gasteiger charge is 2.30. The summed E-state index contributed by atoms with van der Waals surface area (Å²) in [6, 6.07) is 2.69. The van der Waals surface area contributed by atoms with Crippen LogP contribution in [0.5, 0.6) is 11.5 Å². The molecule has 4 N–H and O–H groups in total. The van der Waals surface area contributed by atoms with Gasteiger partial charge in [-0.3, -0.25) is 14.4 Å². The zero-order valence-corrected chi connectivity index (χ0v) is 24.9. The number of halogens is 2. The highest BCUT2D eigenvalue weighted by atomic mass is 35.5. The van der Waals surface area contributed by atoms with Crippen LogP contribution in [0.3, 0.4) is 0 Å². The fraction of sp³-hybridized carbons (Fsp3) is 0.321. The maximum absolute atomic E-state index is 15.6. The molecule has 0 spiro atoms. The Morgan fingerprint density at radius 1 is 1.23 bits per heavy atom. The van der Waals surface area contributed by atoms with Gasteiger partial charge in [0.25, 0.3) is 11.8 Å². The summed E-state index contributed by atoms with van der Waals surface area (Å²) in [4.78, 5) is 52.5. The van der Waals surface area contributed by atoms with Crippen LogP contribution in [0, 0.1) is 5.82 Å². The van der Waals surface area contributed by atoms with Gasteiger partial charge < -0.3 is 40.2 Å². The van der Waals surface area contributed by atoms with Gasteiger partial charge in [-0.05, 0) is 19.8 Å². The van der Waals surface area contributed by atoms with E-state index in [-0.39, 0.29) is 34.1 Å². The minimum absolute atomic E-state index is 0.0325. The van der Waals surface area contributed by atoms with Crippen molar-refractivity contribution in [1.82, 2.24) is 19.4 Å². The Labute approximate surface area is 252 Å². The summed E-state index contributed by atoms with van der Waals surface area (Å²) in [6.45, 7) is 6.43. The minimum atomic E-state index is -1.06. The van der Waals surface area contributed by atoms with Crippen LogP contribution in [-0.4, -0.2) is 103 Å². The number of aromatic nitrogens is 2. The monoisotopic (exact) mass is 614 g/mol. The van der Waals surface area contributed by atoms with Gasteiger partial charge in [0, 0.05) is 63.7 Å². The highest BCUT2D eigenvalue weighted by molar-refractivity contribution is 6.33. The molecule has 1 aliphatic rings. The summed E-state index contributed by atoms with van der Waals surface area (Å²) in [5.74, 6) is -4.04. The first-order chi connectivity index (χ1) is 20.4. The minimum Gasteiger partial charge on any atom is -0.504 e. The Morgan fingerprint density at radius 3 is 2.49 bits per heavy atom. The van der Waals surface area contributed by atoms with E-state index in [1.165, 1.54) is 36.0 Å². The van der Waals surface area contributed by atoms with Crippen molar-refractivity contribution in [1.29, 1.82) is 0 Å². The lowest BCUT2D eigenvalue weighted by Crippen LogP contribution is -2.44. The quantitative estimate of drug-likeness (QED) is 0.310. The Morgan fingerprint density at radius 2 is 1.91 bits per heavy atom. The summed E-state index contributed by atoms with van der Waals surface area (Å²) < 4.78 is 21.9. The largest absolute Gasteiger partial charge is 0.504 e. The van der Waals surface area contributed by atoms with Gasteiger partial charge in [0.1, 0.15) is 18.2 Å². The number of nitrogens with two attached hydrogens (primary N) is 1. The molecule has 1 aromatic carbocycles. The number of primary amides is 1. The normalized spacial score (nSPS) is 13.5. The van der Waals surface area contributed by atoms with Crippen molar-refractivity contribution in [3.05, 3.63) is 46.5 Å². The molecule has 1 saturated heterocycles. The molecule has 1 aliphatic heterocycles. The van der Waals surface area contributed by atoms with E-state index in [4.69, 9.17) is 22.1 Å². The van der Waals surface area contributed by atoms with Crippen LogP contribution in [-0.2, 0) is 11.3 Å². The predicted molar refractivity (Wildman–Crippen MR) is 161 cm³/mol. The molecule has 43 heavy (non-hydrogen) atoms.